The van der Waals surface area contributed by atoms with Crippen LogP contribution in [0.2, 0.25) is 0 Å². The molecule has 0 N–H and O–H groups in total. The molecule has 0 spiro atoms. The van der Waals surface area contributed by atoms with Crippen LogP contribution < -0.4 is 0 Å². The standard InChI is InChI=1S/C15H17N3O4/c1-4-22-15(19)13-9(2)16-10(3)17-14(13)11-7-5-6-8-12(11)18(20)21/h5-8,10,13H,4H2,1-3H3. The van der Waals surface area contributed by atoms with E-state index < -0.39 is 16.8 Å². The molecule has 0 saturated heterocycles. The van der Waals surface area contributed by atoms with Crippen molar-refractivity contribution < 1.29 is 14.5 Å². The van der Waals surface area contributed by atoms with E-state index in [1.54, 1.807) is 39.0 Å². The lowest BCUT2D eigenvalue weighted by molar-refractivity contribution is -0.385. The summed E-state index contributed by atoms with van der Waals surface area (Å²) in [7, 11) is 0. The van der Waals surface area contributed by atoms with Crippen LogP contribution >= 0.6 is 0 Å². The Labute approximate surface area is 127 Å². The van der Waals surface area contributed by atoms with E-state index in [4.69, 9.17) is 4.74 Å². The lowest BCUT2D eigenvalue weighted by Gasteiger charge is -2.23. The van der Waals surface area contributed by atoms with Crippen molar-refractivity contribution in [3.05, 3.63) is 39.9 Å². The summed E-state index contributed by atoms with van der Waals surface area (Å²) >= 11 is 0. The van der Waals surface area contributed by atoms with Crippen molar-refractivity contribution in [1.29, 1.82) is 0 Å². The second-order valence-electron chi connectivity index (χ2n) is 4.88. The Hall–Kier alpha value is -2.57. The van der Waals surface area contributed by atoms with Crippen LogP contribution in [0.4, 0.5) is 5.69 Å². The highest BCUT2D eigenvalue weighted by Crippen LogP contribution is 2.26. The van der Waals surface area contributed by atoms with Gasteiger partial charge in [0.1, 0.15) is 12.1 Å². The zero-order chi connectivity index (χ0) is 16.3. The lowest BCUT2D eigenvalue weighted by Crippen LogP contribution is -2.37. The van der Waals surface area contributed by atoms with E-state index in [1.807, 2.05) is 0 Å². The van der Waals surface area contributed by atoms with Gasteiger partial charge in [0.15, 0.2) is 0 Å². The van der Waals surface area contributed by atoms with Gasteiger partial charge in [-0.05, 0) is 26.8 Å². The molecule has 0 bridgehead atoms. The van der Waals surface area contributed by atoms with Crippen LogP contribution in [0.5, 0.6) is 0 Å². The Morgan fingerprint density at radius 3 is 2.68 bits per heavy atom. The monoisotopic (exact) mass is 303 g/mol. The number of nitro groups is 1. The summed E-state index contributed by atoms with van der Waals surface area (Å²) in [6.45, 7) is 5.40. The highest BCUT2D eigenvalue weighted by atomic mass is 16.6. The van der Waals surface area contributed by atoms with Gasteiger partial charge < -0.3 is 4.74 Å². The molecular weight excluding hydrogens is 286 g/mol. The summed E-state index contributed by atoms with van der Waals surface area (Å²) in [4.78, 5) is 31.6. The van der Waals surface area contributed by atoms with Gasteiger partial charge in [-0.15, -0.1) is 0 Å². The molecule has 1 aliphatic heterocycles. The van der Waals surface area contributed by atoms with Gasteiger partial charge in [0.05, 0.1) is 22.8 Å². The number of hydrogen-bond donors (Lipinski definition) is 0. The Morgan fingerprint density at radius 1 is 1.36 bits per heavy atom. The Balaban J connectivity index is 2.55. The fourth-order valence-corrected chi connectivity index (χ4v) is 2.45. The molecular formula is C15H17N3O4. The minimum atomic E-state index is -0.808. The fourth-order valence-electron chi connectivity index (χ4n) is 2.45. The largest absolute Gasteiger partial charge is 0.465 e. The van der Waals surface area contributed by atoms with Crippen LogP contribution in [0.15, 0.2) is 34.3 Å². The molecule has 0 saturated carbocycles. The molecule has 22 heavy (non-hydrogen) atoms. The quantitative estimate of drug-likeness (QED) is 0.485. The van der Waals surface area contributed by atoms with Gasteiger partial charge in [-0.25, -0.2) is 0 Å². The number of carbonyl (C=O) groups is 1. The summed E-state index contributed by atoms with van der Waals surface area (Å²) in [6.07, 6.45) is -0.388. The first-order valence-electron chi connectivity index (χ1n) is 6.98. The van der Waals surface area contributed by atoms with Gasteiger partial charge in [-0.2, -0.15) is 0 Å². The maximum absolute atomic E-state index is 12.2. The lowest BCUT2D eigenvalue weighted by atomic mass is 9.90. The number of nitrogens with zero attached hydrogens (tertiary/aromatic N) is 3. The maximum atomic E-state index is 12.2. The molecule has 0 aromatic heterocycles. The third-order valence-electron chi connectivity index (χ3n) is 3.31. The molecule has 1 aromatic carbocycles. The first kappa shape index (κ1) is 15.8. The van der Waals surface area contributed by atoms with Crippen molar-refractivity contribution in [2.75, 3.05) is 6.61 Å². The minimum absolute atomic E-state index is 0.0857. The van der Waals surface area contributed by atoms with Crippen LogP contribution in [0.1, 0.15) is 26.3 Å². The van der Waals surface area contributed by atoms with Crippen molar-refractivity contribution in [3.63, 3.8) is 0 Å². The van der Waals surface area contributed by atoms with Gasteiger partial charge in [0.25, 0.3) is 5.69 Å². The molecule has 1 aromatic rings. The summed E-state index contributed by atoms with van der Waals surface area (Å²) in [5.74, 6) is -1.30. The first-order valence-corrected chi connectivity index (χ1v) is 6.98. The van der Waals surface area contributed by atoms with Crippen molar-refractivity contribution in [2.24, 2.45) is 15.9 Å². The molecule has 1 aliphatic rings. The number of rotatable bonds is 4. The molecule has 7 nitrogen and oxygen atoms in total. The minimum Gasteiger partial charge on any atom is -0.465 e. The molecule has 0 amide bonds. The van der Waals surface area contributed by atoms with E-state index in [-0.39, 0.29) is 18.5 Å². The molecule has 0 fully saturated rings. The number of ether oxygens (including phenoxy) is 1. The number of benzene rings is 1. The number of esters is 1. The summed E-state index contributed by atoms with van der Waals surface area (Å²) in [5, 5.41) is 11.2. The fraction of sp³-hybridized carbons (Fsp3) is 0.400. The predicted octanol–water partition coefficient (Wildman–Crippen LogP) is 2.38. The van der Waals surface area contributed by atoms with Gasteiger partial charge in [0.2, 0.25) is 0 Å². The Kier molecular flexibility index (Phi) is 4.65. The normalized spacial score (nSPS) is 20.9. The van der Waals surface area contributed by atoms with E-state index in [0.717, 1.165) is 0 Å². The SMILES string of the molecule is CCOC(=O)C1C(C)=NC(C)N=C1c1ccccc1[N+](=O)[O-]. The van der Waals surface area contributed by atoms with E-state index in [2.05, 4.69) is 9.98 Å². The smallest absolute Gasteiger partial charge is 0.320 e. The van der Waals surface area contributed by atoms with Crippen molar-refractivity contribution in [1.82, 2.24) is 0 Å². The second kappa shape index (κ2) is 6.46. The van der Waals surface area contributed by atoms with Crippen molar-refractivity contribution in [2.45, 2.75) is 26.9 Å². The average molecular weight is 303 g/mol. The zero-order valence-electron chi connectivity index (χ0n) is 12.6. The van der Waals surface area contributed by atoms with E-state index in [9.17, 15) is 14.9 Å². The third kappa shape index (κ3) is 3.03. The van der Waals surface area contributed by atoms with Gasteiger partial charge in [-0.1, -0.05) is 12.1 Å². The number of aliphatic imine (C=N–C) groups is 2. The summed E-state index contributed by atoms with van der Waals surface area (Å²) in [6, 6.07) is 6.24. The van der Waals surface area contributed by atoms with Gasteiger partial charge >= 0.3 is 5.97 Å². The number of carbonyl (C=O) groups excluding carboxylic acids is 1. The Bertz CT molecular complexity index is 667. The molecule has 1 heterocycles. The maximum Gasteiger partial charge on any atom is 0.320 e. The van der Waals surface area contributed by atoms with Crippen LogP contribution in [0, 0.1) is 16.0 Å². The first-order chi connectivity index (χ1) is 10.5. The molecule has 0 aliphatic carbocycles. The van der Waals surface area contributed by atoms with E-state index >= 15 is 0 Å². The molecule has 116 valence electrons. The van der Waals surface area contributed by atoms with Crippen molar-refractivity contribution in [3.8, 4) is 0 Å². The molecule has 2 atom stereocenters. The number of para-hydroxylation sites is 1. The topological polar surface area (TPSA) is 94.2 Å². The van der Waals surface area contributed by atoms with Gasteiger partial charge in [0, 0.05) is 11.8 Å². The van der Waals surface area contributed by atoms with Crippen LogP contribution in [-0.2, 0) is 9.53 Å². The van der Waals surface area contributed by atoms with Crippen molar-refractivity contribution >= 4 is 23.1 Å². The third-order valence-corrected chi connectivity index (χ3v) is 3.31. The molecule has 7 heteroatoms. The second-order valence-corrected chi connectivity index (χ2v) is 4.88. The summed E-state index contributed by atoms with van der Waals surface area (Å²) < 4.78 is 5.07. The number of nitro benzene ring substituents is 1. The highest BCUT2D eigenvalue weighted by Gasteiger charge is 2.35. The highest BCUT2D eigenvalue weighted by molar-refractivity contribution is 6.27. The van der Waals surface area contributed by atoms with Gasteiger partial charge in [-0.3, -0.25) is 24.9 Å². The molecule has 0 radical (unpaired) electrons. The Morgan fingerprint density at radius 2 is 2.05 bits per heavy atom. The van der Waals surface area contributed by atoms with E-state index in [1.165, 1.54) is 6.07 Å². The van der Waals surface area contributed by atoms with E-state index in [0.29, 0.717) is 17.0 Å². The summed E-state index contributed by atoms with van der Waals surface area (Å²) in [5.41, 5.74) is 1.13. The molecule has 2 rings (SSSR count). The van der Waals surface area contributed by atoms with Crippen LogP contribution in [0.3, 0.4) is 0 Å². The molecule has 2 unspecified atom stereocenters. The van der Waals surface area contributed by atoms with Crippen LogP contribution in [-0.4, -0.2) is 35.1 Å². The number of hydrogen-bond acceptors (Lipinski definition) is 6. The van der Waals surface area contributed by atoms with Crippen LogP contribution in [0.25, 0.3) is 0 Å². The predicted molar refractivity (Wildman–Crippen MR) is 82.3 cm³/mol. The zero-order valence-corrected chi connectivity index (χ0v) is 12.6. The average Bonchev–Trinajstić information content (AvgIpc) is 2.46.